The molecule has 0 aliphatic carbocycles. The first kappa shape index (κ1) is 18.8. The quantitative estimate of drug-likeness (QED) is 0.675. The molecule has 1 unspecified atom stereocenters. The van der Waals surface area contributed by atoms with E-state index < -0.39 is 6.04 Å². The number of piperidine rings is 1. The van der Waals surface area contributed by atoms with Crippen LogP contribution in [0, 0.1) is 0 Å². The maximum atomic E-state index is 13.2. The summed E-state index contributed by atoms with van der Waals surface area (Å²) in [5.74, 6) is -0.785. The number of amides is 3. The van der Waals surface area contributed by atoms with Crippen LogP contribution in [0.5, 0.6) is 0 Å². The summed E-state index contributed by atoms with van der Waals surface area (Å²) in [7, 11) is 0. The number of nitrogens with zero attached hydrogens (tertiary/aromatic N) is 1. The van der Waals surface area contributed by atoms with Crippen LogP contribution in [0.3, 0.4) is 0 Å². The van der Waals surface area contributed by atoms with Crippen molar-refractivity contribution in [1.29, 1.82) is 0 Å². The molecular formula is C23H24N4O3. The molecule has 0 bridgehead atoms. The summed E-state index contributed by atoms with van der Waals surface area (Å²) < 4.78 is 0. The molecule has 3 aliphatic heterocycles. The topological polar surface area (TPSA) is 90.5 Å². The van der Waals surface area contributed by atoms with Gasteiger partial charge in [0.15, 0.2) is 0 Å². The fraction of sp³-hybridized carbons (Fsp3) is 0.348. The lowest BCUT2D eigenvalue weighted by Gasteiger charge is -2.29. The molecule has 7 nitrogen and oxygen atoms in total. The molecule has 3 N–H and O–H groups in total. The van der Waals surface area contributed by atoms with Gasteiger partial charge < -0.3 is 15.5 Å². The van der Waals surface area contributed by atoms with Crippen molar-refractivity contribution in [1.82, 2.24) is 15.5 Å². The van der Waals surface area contributed by atoms with Crippen molar-refractivity contribution >= 4 is 23.4 Å². The first-order chi connectivity index (χ1) is 14.6. The van der Waals surface area contributed by atoms with Crippen LogP contribution in [0.4, 0.5) is 5.69 Å². The van der Waals surface area contributed by atoms with Gasteiger partial charge in [-0.05, 0) is 53.8 Å². The summed E-state index contributed by atoms with van der Waals surface area (Å²) in [4.78, 5) is 38.5. The molecule has 0 radical (unpaired) electrons. The zero-order chi connectivity index (χ0) is 20.7. The zero-order valence-electron chi connectivity index (χ0n) is 16.7. The molecular weight excluding hydrogens is 380 g/mol. The van der Waals surface area contributed by atoms with E-state index in [-0.39, 0.29) is 24.1 Å². The van der Waals surface area contributed by atoms with Crippen LogP contribution in [-0.2, 0) is 35.6 Å². The number of imide groups is 1. The number of anilines is 1. The van der Waals surface area contributed by atoms with E-state index in [9.17, 15) is 14.4 Å². The van der Waals surface area contributed by atoms with Gasteiger partial charge in [0.2, 0.25) is 11.8 Å². The molecule has 1 fully saturated rings. The van der Waals surface area contributed by atoms with Crippen LogP contribution in [0.2, 0.25) is 0 Å². The van der Waals surface area contributed by atoms with E-state index in [0.717, 1.165) is 36.3 Å². The molecule has 3 amide bonds. The molecule has 1 atom stereocenters. The van der Waals surface area contributed by atoms with Gasteiger partial charge >= 0.3 is 0 Å². The molecule has 3 aliphatic rings. The SMILES string of the molecule is O=C1CCC(N2Cc3cccc(CNc4ccc5c(c4)CNCC5)c3C2=O)C(=O)N1. The molecule has 0 spiro atoms. The van der Waals surface area contributed by atoms with Crippen LogP contribution in [0.15, 0.2) is 36.4 Å². The minimum absolute atomic E-state index is 0.133. The first-order valence-electron chi connectivity index (χ1n) is 10.4. The Hall–Kier alpha value is -3.19. The van der Waals surface area contributed by atoms with Crippen molar-refractivity contribution in [2.75, 3.05) is 11.9 Å². The van der Waals surface area contributed by atoms with Gasteiger partial charge in [0, 0.05) is 37.3 Å². The maximum absolute atomic E-state index is 13.2. The van der Waals surface area contributed by atoms with Crippen LogP contribution in [0.1, 0.15) is 45.5 Å². The first-order valence-corrected chi connectivity index (χ1v) is 10.4. The van der Waals surface area contributed by atoms with Gasteiger partial charge in [-0.1, -0.05) is 24.3 Å². The minimum atomic E-state index is -0.587. The third kappa shape index (κ3) is 3.35. The number of carbonyl (C=O) groups excluding carboxylic acids is 3. The number of fused-ring (bicyclic) bond motifs is 2. The van der Waals surface area contributed by atoms with Crippen molar-refractivity contribution in [2.45, 2.75) is 44.9 Å². The van der Waals surface area contributed by atoms with E-state index in [0.29, 0.717) is 25.1 Å². The predicted octanol–water partition coefficient (Wildman–Crippen LogP) is 1.71. The monoisotopic (exact) mass is 404 g/mol. The van der Waals surface area contributed by atoms with Crippen LogP contribution >= 0.6 is 0 Å². The molecule has 0 saturated carbocycles. The van der Waals surface area contributed by atoms with Gasteiger partial charge in [0.05, 0.1) is 0 Å². The van der Waals surface area contributed by atoms with Crippen molar-refractivity contribution in [3.63, 3.8) is 0 Å². The Morgan fingerprint density at radius 2 is 1.93 bits per heavy atom. The molecule has 2 aromatic rings. The second-order valence-electron chi connectivity index (χ2n) is 8.12. The van der Waals surface area contributed by atoms with Gasteiger partial charge in [-0.15, -0.1) is 0 Å². The third-order valence-electron chi connectivity index (χ3n) is 6.21. The summed E-state index contributed by atoms with van der Waals surface area (Å²) >= 11 is 0. The Kier molecular flexibility index (Phi) is 4.75. The van der Waals surface area contributed by atoms with Crippen molar-refractivity contribution < 1.29 is 14.4 Å². The van der Waals surface area contributed by atoms with Crippen molar-refractivity contribution in [2.24, 2.45) is 0 Å². The number of hydrogen-bond donors (Lipinski definition) is 3. The lowest BCUT2D eigenvalue weighted by atomic mass is 10.00. The van der Waals surface area contributed by atoms with Gasteiger partial charge in [-0.3, -0.25) is 19.7 Å². The number of benzene rings is 2. The lowest BCUT2D eigenvalue weighted by Crippen LogP contribution is -2.52. The highest BCUT2D eigenvalue weighted by atomic mass is 16.2. The van der Waals surface area contributed by atoms with Gasteiger partial charge in [-0.25, -0.2) is 0 Å². The maximum Gasteiger partial charge on any atom is 0.255 e. The van der Waals surface area contributed by atoms with E-state index in [1.54, 1.807) is 4.90 Å². The highest BCUT2D eigenvalue weighted by Gasteiger charge is 2.39. The molecule has 5 rings (SSSR count). The minimum Gasteiger partial charge on any atom is -0.381 e. The Bertz CT molecular complexity index is 1050. The second-order valence-corrected chi connectivity index (χ2v) is 8.12. The Labute approximate surface area is 174 Å². The van der Waals surface area contributed by atoms with Crippen molar-refractivity contribution in [3.05, 3.63) is 64.2 Å². The number of rotatable bonds is 4. The Morgan fingerprint density at radius 1 is 1.03 bits per heavy atom. The van der Waals surface area contributed by atoms with Crippen molar-refractivity contribution in [3.8, 4) is 0 Å². The predicted molar refractivity (Wildman–Crippen MR) is 112 cm³/mol. The van der Waals surface area contributed by atoms with Gasteiger partial charge in [-0.2, -0.15) is 0 Å². The molecule has 154 valence electrons. The highest BCUT2D eigenvalue weighted by molar-refractivity contribution is 6.06. The molecule has 30 heavy (non-hydrogen) atoms. The van der Waals surface area contributed by atoms with E-state index in [2.05, 4.69) is 34.1 Å². The zero-order valence-corrected chi connectivity index (χ0v) is 16.7. The average molecular weight is 404 g/mol. The van der Waals surface area contributed by atoms with Crippen LogP contribution < -0.4 is 16.0 Å². The molecule has 0 aromatic heterocycles. The second kappa shape index (κ2) is 7.57. The van der Waals surface area contributed by atoms with Gasteiger partial charge in [0.25, 0.3) is 5.91 Å². The summed E-state index contributed by atoms with van der Waals surface area (Å²) in [6.07, 6.45) is 1.69. The van der Waals surface area contributed by atoms with E-state index >= 15 is 0 Å². The number of carbonyl (C=O) groups is 3. The molecule has 7 heteroatoms. The third-order valence-corrected chi connectivity index (χ3v) is 6.21. The van der Waals surface area contributed by atoms with E-state index in [4.69, 9.17) is 0 Å². The Morgan fingerprint density at radius 3 is 2.80 bits per heavy atom. The van der Waals surface area contributed by atoms with Gasteiger partial charge in [0.1, 0.15) is 6.04 Å². The largest absolute Gasteiger partial charge is 0.381 e. The molecule has 2 aromatic carbocycles. The summed E-state index contributed by atoms with van der Waals surface area (Å²) in [5, 5.41) is 9.19. The standard InChI is InChI=1S/C23H24N4O3/c28-20-7-6-19(22(29)26-20)27-13-16-3-1-2-15(21(16)23(27)30)12-25-18-5-4-14-8-9-24-11-17(14)10-18/h1-5,10,19,24-25H,6-9,11-13H2,(H,26,28,29). The van der Waals surface area contributed by atoms with Crippen LogP contribution in [0.25, 0.3) is 0 Å². The molecule has 1 saturated heterocycles. The number of nitrogens with one attached hydrogen (secondary N) is 3. The fourth-order valence-electron chi connectivity index (χ4n) is 4.62. The van der Waals surface area contributed by atoms with Crippen LogP contribution in [-0.4, -0.2) is 35.2 Å². The van der Waals surface area contributed by atoms with E-state index in [1.165, 1.54) is 11.1 Å². The Balaban J connectivity index is 1.34. The fourth-order valence-corrected chi connectivity index (χ4v) is 4.62. The van der Waals surface area contributed by atoms with E-state index in [1.807, 2.05) is 18.2 Å². The number of hydrogen-bond acceptors (Lipinski definition) is 5. The molecule has 3 heterocycles. The smallest absolute Gasteiger partial charge is 0.255 e. The highest BCUT2D eigenvalue weighted by Crippen LogP contribution is 2.30. The summed E-state index contributed by atoms with van der Waals surface area (Å²) in [6, 6.07) is 11.7. The lowest BCUT2D eigenvalue weighted by molar-refractivity contribution is -0.136. The summed E-state index contributed by atoms with van der Waals surface area (Å²) in [6.45, 7) is 2.83. The average Bonchev–Trinajstić information content (AvgIpc) is 3.09. The normalized spacial score (nSPS) is 20.6. The summed E-state index contributed by atoms with van der Waals surface area (Å²) in [5.41, 5.74) is 6.25.